The minimum Gasteiger partial charge on any atom is -0.0881 e. The van der Waals surface area contributed by atoms with Crippen molar-refractivity contribution in [2.24, 2.45) is 0 Å². The first-order valence-electron chi connectivity index (χ1n) is 8.10. The van der Waals surface area contributed by atoms with Crippen LogP contribution in [0.4, 0.5) is 0 Å². The van der Waals surface area contributed by atoms with Gasteiger partial charge in [0.15, 0.2) is 0 Å². The Morgan fingerprint density at radius 2 is 1.30 bits per heavy atom. The van der Waals surface area contributed by atoms with Crippen molar-refractivity contribution in [1.29, 1.82) is 0 Å². The molecule has 1 aromatic carbocycles. The summed E-state index contributed by atoms with van der Waals surface area (Å²) in [4.78, 5) is 0. The van der Waals surface area contributed by atoms with Crippen LogP contribution in [0.1, 0.15) is 82.1 Å². The lowest BCUT2D eigenvalue weighted by Gasteiger charge is -2.06. The highest BCUT2D eigenvalue weighted by molar-refractivity contribution is 7.79. The number of hydrogen-bond donors (Lipinski definition) is 0. The topological polar surface area (TPSA) is 0 Å². The van der Waals surface area contributed by atoms with E-state index >= 15 is 0 Å². The first kappa shape index (κ1) is 21.6. The number of thiocarbonyl (C=S) groups is 1. The highest BCUT2D eigenvalue weighted by Crippen LogP contribution is 2.15. The lowest BCUT2D eigenvalue weighted by Crippen LogP contribution is -1.91. The summed E-state index contributed by atoms with van der Waals surface area (Å²) in [5.41, 5.74) is 5.16. The highest BCUT2D eigenvalue weighted by atomic mass is 32.1. The van der Waals surface area contributed by atoms with Gasteiger partial charge >= 0.3 is 0 Å². The van der Waals surface area contributed by atoms with E-state index in [0.29, 0.717) is 0 Å². The van der Waals surface area contributed by atoms with Gasteiger partial charge in [-0.15, -0.1) is 0 Å². The fraction of sp³-hybridized carbons (Fsp3) is 0.632. The third-order valence-corrected chi connectivity index (χ3v) is 3.48. The number of rotatable bonds is 1. The Balaban J connectivity index is 0. The van der Waals surface area contributed by atoms with Gasteiger partial charge in [0.05, 0.1) is 0 Å². The van der Waals surface area contributed by atoms with Crippen LogP contribution in [0.25, 0.3) is 0 Å². The van der Waals surface area contributed by atoms with Gasteiger partial charge in [-0.2, -0.15) is 0 Å². The molecule has 0 aromatic heterocycles. The SMILES string of the molecule is C1CCC1.CC.CCC.Cc1ccc(C=S)c(C)c1C. The second-order valence-electron chi connectivity index (χ2n) is 4.96. The second-order valence-corrected chi connectivity index (χ2v) is 5.20. The third-order valence-electron chi connectivity index (χ3n) is 3.23. The number of benzene rings is 1. The average Bonchev–Trinajstić information content (AvgIpc) is 2.38. The first-order chi connectivity index (χ1) is 9.58. The minimum absolute atomic E-state index is 1.17. The van der Waals surface area contributed by atoms with Crippen molar-refractivity contribution in [2.75, 3.05) is 0 Å². The standard InChI is InChI=1S/C10H12S.C4H8.C3H8.C2H6/c1-7-4-5-10(6-11)9(3)8(7)2;1-2-4-3-1;1-3-2;1-2/h4-6H,1-3H3;1-4H2;3H2,1-2H3;1-2H3. The van der Waals surface area contributed by atoms with E-state index in [1.54, 1.807) is 5.37 Å². The van der Waals surface area contributed by atoms with Crippen LogP contribution in [0.5, 0.6) is 0 Å². The molecule has 2 rings (SSSR count). The molecule has 1 saturated carbocycles. The Labute approximate surface area is 133 Å². The van der Waals surface area contributed by atoms with Crippen LogP contribution in [0.3, 0.4) is 0 Å². The molecule has 0 amide bonds. The van der Waals surface area contributed by atoms with Gasteiger partial charge < -0.3 is 0 Å². The van der Waals surface area contributed by atoms with E-state index in [4.69, 9.17) is 12.2 Å². The summed E-state index contributed by atoms with van der Waals surface area (Å²) in [5, 5.41) is 1.74. The predicted octanol–water partition coefficient (Wildman–Crippen LogP) is 6.96. The molecule has 0 nitrogen and oxygen atoms in total. The van der Waals surface area contributed by atoms with Gasteiger partial charge in [-0.1, -0.05) is 84.1 Å². The van der Waals surface area contributed by atoms with Gasteiger partial charge in [0, 0.05) is 5.37 Å². The Morgan fingerprint density at radius 1 is 0.900 bits per heavy atom. The maximum atomic E-state index is 4.88. The molecule has 20 heavy (non-hydrogen) atoms. The smallest absolute Gasteiger partial charge is 0.00888 e. The quantitative estimate of drug-likeness (QED) is 0.504. The van der Waals surface area contributed by atoms with Gasteiger partial charge in [-0.3, -0.25) is 0 Å². The van der Waals surface area contributed by atoms with E-state index in [1.165, 1.54) is 54.4 Å². The molecular formula is C19H34S. The van der Waals surface area contributed by atoms with Crippen molar-refractivity contribution in [3.63, 3.8) is 0 Å². The summed E-state index contributed by atoms with van der Waals surface area (Å²) >= 11 is 4.88. The zero-order chi connectivity index (χ0) is 16.0. The van der Waals surface area contributed by atoms with Crippen LogP contribution in [0, 0.1) is 20.8 Å². The molecule has 0 N–H and O–H groups in total. The van der Waals surface area contributed by atoms with Crippen LogP contribution in [-0.4, -0.2) is 5.37 Å². The van der Waals surface area contributed by atoms with E-state index in [9.17, 15) is 0 Å². The monoisotopic (exact) mass is 294 g/mol. The Morgan fingerprint density at radius 3 is 1.60 bits per heavy atom. The van der Waals surface area contributed by atoms with Crippen LogP contribution in [-0.2, 0) is 0 Å². The average molecular weight is 295 g/mol. The first-order valence-corrected chi connectivity index (χ1v) is 8.57. The Bertz CT molecular complexity index is 345. The molecule has 1 aliphatic rings. The van der Waals surface area contributed by atoms with E-state index in [-0.39, 0.29) is 0 Å². The molecule has 0 heterocycles. The van der Waals surface area contributed by atoms with Crippen molar-refractivity contribution in [3.8, 4) is 0 Å². The normalized spacial score (nSPS) is 11.3. The molecule has 1 aromatic rings. The molecule has 0 unspecified atom stereocenters. The van der Waals surface area contributed by atoms with Gasteiger partial charge in [0.2, 0.25) is 0 Å². The molecule has 0 atom stereocenters. The minimum atomic E-state index is 1.17. The van der Waals surface area contributed by atoms with Crippen LogP contribution >= 0.6 is 12.2 Å². The molecular weight excluding hydrogens is 260 g/mol. The van der Waals surface area contributed by atoms with Crippen LogP contribution in [0.15, 0.2) is 12.1 Å². The largest absolute Gasteiger partial charge is 0.0881 e. The van der Waals surface area contributed by atoms with Crippen molar-refractivity contribution in [2.45, 2.75) is 80.6 Å². The van der Waals surface area contributed by atoms with E-state index in [0.717, 1.165) is 0 Å². The van der Waals surface area contributed by atoms with Gasteiger partial charge in [-0.25, -0.2) is 0 Å². The zero-order valence-electron chi connectivity index (χ0n) is 14.7. The lowest BCUT2D eigenvalue weighted by molar-refractivity contribution is 0.504. The number of hydrogen-bond acceptors (Lipinski definition) is 1. The fourth-order valence-electron chi connectivity index (χ4n) is 1.35. The summed E-state index contributed by atoms with van der Waals surface area (Å²) in [5.74, 6) is 0. The highest BCUT2D eigenvalue weighted by Gasteiger charge is 1.99. The van der Waals surface area contributed by atoms with E-state index in [2.05, 4.69) is 46.8 Å². The second kappa shape index (κ2) is 14.7. The maximum Gasteiger partial charge on any atom is 0.00888 e. The van der Waals surface area contributed by atoms with Gasteiger partial charge in [0.1, 0.15) is 0 Å². The maximum absolute atomic E-state index is 4.88. The summed E-state index contributed by atoms with van der Waals surface area (Å²) in [6, 6.07) is 4.19. The Kier molecular flexibility index (Phi) is 15.9. The van der Waals surface area contributed by atoms with Crippen molar-refractivity contribution >= 4 is 17.6 Å². The molecule has 1 aliphatic carbocycles. The van der Waals surface area contributed by atoms with Crippen molar-refractivity contribution in [3.05, 3.63) is 34.4 Å². The molecule has 1 heteroatoms. The predicted molar refractivity (Wildman–Crippen MR) is 99.2 cm³/mol. The molecule has 0 spiro atoms. The summed E-state index contributed by atoms with van der Waals surface area (Å²) in [6.07, 6.45) is 7.25. The lowest BCUT2D eigenvalue weighted by atomic mass is 10.0. The van der Waals surface area contributed by atoms with E-state index < -0.39 is 0 Å². The summed E-state index contributed by atoms with van der Waals surface area (Å²) in [6.45, 7) is 14.6. The molecule has 0 aliphatic heterocycles. The molecule has 0 bridgehead atoms. The fourth-order valence-corrected chi connectivity index (χ4v) is 1.61. The summed E-state index contributed by atoms with van der Waals surface area (Å²) < 4.78 is 0. The molecule has 0 saturated heterocycles. The summed E-state index contributed by atoms with van der Waals surface area (Å²) in [7, 11) is 0. The zero-order valence-corrected chi connectivity index (χ0v) is 15.5. The van der Waals surface area contributed by atoms with Gasteiger partial charge in [0.25, 0.3) is 0 Å². The molecule has 0 radical (unpaired) electrons. The third kappa shape index (κ3) is 9.25. The van der Waals surface area contributed by atoms with Crippen molar-refractivity contribution in [1.82, 2.24) is 0 Å². The Hall–Kier alpha value is -0.690. The molecule has 1 fully saturated rings. The number of aryl methyl sites for hydroxylation is 1. The molecule has 116 valence electrons. The van der Waals surface area contributed by atoms with E-state index in [1.807, 2.05) is 13.8 Å². The van der Waals surface area contributed by atoms with Crippen LogP contribution < -0.4 is 0 Å². The van der Waals surface area contributed by atoms with Gasteiger partial charge in [-0.05, 0) is 43.0 Å². The van der Waals surface area contributed by atoms with Crippen molar-refractivity contribution < 1.29 is 0 Å². The van der Waals surface area contributed by atoms with Crippen LogP contribution in [0.2, 0.25) is 0 Å².